The third kappa shape index (κ3) is 4.34. The molecule has 0 radical (unpaired) electrons. The zero-order valence-electron chi connectivity index (χ0n) is 11.2. The van der Waals surface area contributed by atoms with Gasteiger partial charge in [-0.05, 0) is 25.1 Å². The van der Waals surface area contributed by atoms with Gasteiger partial charge in [-0.15, -0.1) is 11.3 Å². The first-order valence-electron chi connectivity index (χ1n) is 6.05. The number of hydrogen-bond donors (Lipinski definition) is 1. The molecule has 1 amide bonds. The van der Waals surface area contributed by atoms with Crippen LogP contribution in [0.3, 0.4) is 0 Å². The maximum atomic E-state index is 11.7. The molecule has 20 heavy (non-hydrogen) atoms. The third-order valence-electron chi connectivity index (χ3n) is 2.48. The lowest BCUT2D eigenvalue weighted by molar-refractivity contribution is -0.119. The Bertz CT molecular complexity index is 603. The molecule has 0 saturated heterocycles. The lowest BCUT2D eigenvalue weighted by atomic mass is 10.3. The van der Waals surface area contributed by atoms with E-state index < -0.39 is 0 Å². The summed E-state index contributed by atoms with van der Waals surface area (Å²) in [5.41, 5.74) is 0.873. The Hall–Kier alpha value is -0.820. The number of aromatic nitrogens is 1. The van der Waals surface area contributed by atoms with Gasteiger partial charge in [-0.25, -0.2) is 4.98 Å². The largest absolute Gasteiger partial charge is 0.383 e. The molecule has 0 bridgehead atoms. The minimum absolute atomic E-state index is 0.0160. The van der Waals surface area contributed by atoms with E-state index >= 15 is 0 Å². The van der Waals surface area contributed by atoms with Crippen molar-refractivity contribution in [2.45, 2.75) is 17.3 Å². The molecule has 0 aliphatic rings. The number of ether oxygens (including phenoxy) is 1. The van der Waals surface area contributed by atoms with Crippen LogP contribution in [-0.4, -0.2) is 36.4 Å². The molecule has 1 heterocycles. The second-order valence-corrected chi connectivity index (χ2v) is 6.99. The highest BCUT2D eigenvalue weighted by Crippen LogP contribution is 2.30. The van der Waals surface area contributed by atoms with E-state index in [9.17, 15) is 4.79 Å². The lowest BCUT2D eigenvalue weighted by Gasteiger charge is -2.11. The van der Waals surface area contributed by atoms with E-state index in [2.05, 4.69) is 10.3 Å². The molecule has 0 aliphatic heterocycles. The molecule has 2 rings (SSSR count). The summed E-state index contributed by atoms with van der Waals surface area (Å²) in [6.45, 7) is 2.42. The smallest absolute Gasteiger partial charge is 0.230 e. The first-order valence-corrected chi connectivity index (χ1v) is 8.23. The van der Waals surface area contributed by atoms with Gasteiger partial charge in [-0.3, -0.25) is 4.79 Å². The second kappa shape index (κ2) is 7.26. The molecule has 0 spiro atoms. The van der Waals surface area contributed by atoms with E-state index in [0.717, 1.165) is 14.6 Å². The molecule has 1 aromatic carbocycles. The normalized spacial score (nSPS) is 12.6. The Morgan fingerprint density at radius 1 is 1.60 bits per heavy atom. The molecule has 1 atom stereocenters. The van der Waals surface area contributed by atoms with Gasteiger partial charge in [-0.1, -0.05) is 23.4 Å². The van der Waals surface area contributed by atoms with Crippen LogP contribution in [-0.2, 0) is 9.53 Å². The predicted molar refractivity (Wildman–Crippen MR) is 84.8 cm³/mol. The van der Waals surface area contributed by atoms with Crippen LogP contribution in [0.25, 0.3) is 10.2 Å². The van der Waals surface area contributed by atoms with Crippen molar-refractivity contribution in [2.75, 3.05) is 19.5 Å². The van der Waals surface area contributed by atoms with E-state index in [-0.39, 0.29) is 11.9 Å². The average Bonchev–Trinajstić information content (AvgIpc) is 2.78. The fourth-order valence-corrected chi connectivity index (χ4v) is 3.70. The Morgan fingerprint density at radius 2 is 2.40 bits per heavy atom. The van der Waals surface area contributed by atoms with Crippen LogP contribution in [0.2, 0.25) is 5.02 Å². The van der Waals surface area contributed by atoms with Gasteiger partial charge in [0.05, 0.1) is 22.6 Å². The molecule has 7 heteroatoms. The van der Waals surface area contributed by atoms with Crippen molar-refractivity contribution in [1.29, 1.82) is 0 Å². The summed E-state index contributed by atoms with van der Waals surface area (Å²) in [5, 5.41) is 3.54. The zero-order chi connectivity index (χ0) is 14.5. The van der Waals surface area contributed by atoms with Crippen molar-refractivity contribution in [1.82, 2.24) is 10.3 Å². The van der Waals surface area contributed by atoms with Crippen molar-refractivity contribution in [3.8, 4) is 0 Å². The predicted octanol–water partition coefficient (Wildman–Crippen LogP) is 3.19. The number of thiazole rings is 1. The molecule has 0 aliphatic carbocycles. The van der Waals surface area contributed by atoms with Gasteiger partial charge in [0.15, 0.2) is 4.34 Å². The topological polar surface area (TPSA) is 51.2 Å². The van der Waals surface area contributed by atoms with E-state index in [1.54, 1.807) is 18.4 Å². The molecular formula is C13H15ClN2O2S2. The van der Waals surface area contributed by atoms with Crippen LogP contribution in [0.4, 0.5) is 0 Å². The summed E-state index contributed by atoms with van der Waals surface area (Å²) in [6.07, 6.45) is 0. The van der Waals surface area contributed by atoms with E-state index in [1.165, 1.54) is 11.8 Å². The van der Waals surface area contributed by atoms with E-state index in [1.807, 2.05) is 25.1 Å². The first kappa shape index (κ1) is 15.6. The Morgan fingerprint density at radius 3 is 3.15 bits per heavy atom. The molecular weight excluding hydrogens is 316 g/mol. The highest BCUT2D eigenvalue weighted by molar-refractivity contribution is 8.01. The number of methoxy groups -OCH3 is 1. The fraction of sp³-hybridized carbons (Fsp3) is 0.385. The average molecular weight is 331 g/mol. The number of amides is 1. The number of thioether (sulfide) groups is 1. The number of nitrogens with zero attached hydrogens (tertiary/aromatic N) is 1. The van der Waals surface area contributed by atoms with Crippen molar-refractivity contribution in [3.05, 3.63) is 23.2 Å². The Kier molecular flexibility index (Phi) is 5.65. The number of benzene rings is 1. The van der Waals surface area contributed by atoms with Gasteiger partial charge in [0.1, 0.15) is 0 Å². The molecule has 0 unspecified atom stereocenters. The molecule has 1 N–H and O–H groups in total. The summed E-state index contributed by atoms with van der Waals surface area (Å²) in [5.74, 6) is 0.332. The van der Waals surface area contributed by atoms with Crippen LogP contribution in [0.1, 0.15) is 6.92 Å². The minimum atomic E-state index is -0.0168. The maximum absolute atomic E-state index is 11.7. The monoisotopic (exact) mass is 330 g/mol. The van der Waals surface area contributed by atoms with E-state index in [0.29, 0.717) is 17.4 Å². The van der Waals surface area contributed by atoms with Gasteiger partial charge in [0, 0.05) is 18.2 Å². The van der Waals surface area contributed by atoms with Crippen LogP contribution in [0.5, 0.6) is 0 Å². The molecule has 1 aromatic heterocycles. The molecule has 4 nitrogen and oxygen atoms in total. The second-order valence-electron chi connectivity index (χ2n) is 4.30. The van der Waals surface area contributed by atoms with Gasteiger partial charge in [0.25, 0.3) is 0 Å². The van der Waals surface area contributed by atoms with Gasteiger partial charge in [-0.2, -0.15) is 0 Å². The van der Waals surface area contributed by atoms with Crippen molar-refractivity contribution < 1.29 is 9.53 Å². The lowest BCUT2D eigenvalue weighted by Crippen LogP contribution is -2.36. The van der Waals surface area contributed by atoms with E-state index in [4.69, 9.17) is 16.3 Å². The summed E-state index contributed by atoms with van der Waals surface area (Å²) >= 11 is 8.92. The SMILES string of the molecule is COC[C@@H](C)NC(=O)CSc1nc2cc(Cl)ccc2s1. The van der Waals surface area contributed by atoms with Crippen LogP contribution >= 0.6 is 34.7 Å². The number of rotatable bonds is 6. The summed E-state index contributed by atoms with van der Waals surface area (Å²) < 4.78 is 6.92. The summed E-state index contributed by atoms with van der Waals surface area (Å²) in [6, 6.07) is 5.64. The standard InChI is InChI=1S/C13H15ClN2O2S2/c1-8(6-18-2)15-12(17)7-19-13-16-10-5-9(14)3-4-11(10)20-13/h3-5,8H,6-7H2,1-2H3,(H,15,17)/t8-/m1/s1. The van der Waals surface area contributed by atoms with Crippen molar-refractivity contribution >= 4 is 50.8 Å². The Labute approximate surface area is 130 Å². The molecule has 0 fully saturated rings. The third-order valence-corrected chi connectivity index (χ3v) is 4.90. The number of hydrogen-bond acceptors (Lipinski definition) is 5. The van der Waals surface area contributed by atoms with Gasteiger partial charge < -0.3 is 10.1 Å². The van der Waals surface area contributed by atoms with Crippen LogP contribution < -0.4 is 5.32 Å². The summed E-state index contributed by atoms with van der Waals surface area (Å²) in [4.78, 5) is 16.2. The Balaban J connectivity index is 1.90. The molecule has 0 saturated carbocycles. The van der Waals surface area contributed by atoms with Crippen LogP contribution in [0, 0.1) is 0 Å². The summed E-state index contributed by atoms with van der Waals surface area (Å²) in [7, 11) is 1.61. The first-order chi connectivity index (χ1) is 9.58. The maximum Gasteiger partial charge on any atom is 0.230 e. The van der Waals surface area contributed by atoms with Crippen molar-refractivity contribution in [2.24, 2.45) is 0 Å². The zero-order valence-corrected chi connectivity index (χ0v) is 13.6. The van der Waals surface area contributed by atoms with Gasteiger partial charge in [0.2, 0.25) is 5.91 Å². The molecule has 108 valence electrons. The molecule has 2 aromatic rings. The quantitative estimate of drug-likeness (QED) is 0.826. The fourth-order valence-electron chi connectivity index (χ4n) is 1.68. The number of carbonyl (C=O) groups is 1. The highest BCUT2D eigenvalue weighted by atomic mass is 35.5. The highest BCUT2D eigenvalue weighted by Gasteiger charge is 2.10. The number of nitrogens with one attached hydrogen (secondary N) is 1. The van der Waals surface area contributed by atoms with Gasteiger partial charge >= 0.3 is 0 Å². The number of carbonyl (C=O) groups excluding carboxylic acids is 1. The van der Waals surface area contributed by atoms with Crippen molar-refractivity contribution in [3.63, 3.8) is 0 Å². The number of fused-ring (bicyclic) bond motifs is 1. The van der Waals surface area contributed by atoms with Crippen LogP contribution in [0.15, 0.2) is 22.5 Å². The minimum Gasteiger partial charge on any atom is -0.383 e. The number of halogens is 1.